The van der Waals surface area contributed by atoms with Crippen LogP contribution in [-0.2, 0) is 11.3 Å². The minimum absolute atomic E-state index is 0.757. The van der Waals surface area contributed by atoms with Crippen molar-refractivity contribution in [1.82, 2.24) is 4.90 Å². The average molecular weight is 273 g/mol. The second-order valence-electron chi connectivity index (χ2n) is 6.33. The number of nitrogens with zero attached hydrogens (tertiary/aromatic N) is 1. The highest BCUT2D eigenvalue weighted by Crippen LogP contribution is 2.36. The minimum Gasteiger partial charge on any atom is -0.377 e. The van der Waals surface area contributed by atoms with Gasteiger partial charge in [0.1, 0.15) is 0 Å². The molecule has 1 aromatic rings. The summed E-state index contributed by atoms with van der Waals surface area (Å²) in [6.45, 7) is 4.20. The second-order valence-corrected chi connectivity index (χ2v) is 6.33. The average Bonchev–Trinajstić information content (AvgIpc) is 2.97. The van der Waals surface area contributed by atoms with Crippen molar-refractivity contribution in [3.05, 3.63) is 35.9 Å². The van der Waals surface area contributed by atoms with E-state index < -0.39 is 0 Å². The zero-order chi connectivity index (χ0) is 13.6. The Morgan fingerprint density at radius 1 is 1.05 bits per heavy atom. The summed E-state index contributed by atoms with van der Waals surface area (Å²) in [7, 11) is 0. The lowest BCUT2D eigenvalue weighted by Crippen LogP contribution is -2.43. The molecule has 0 unspecified atom stereocenters. The summed E-state index contributed by atoms with van der Waals surface area (Å²) in [5.41, 5.74) is 1.28. The predicted octanol–water partition coefficient (Wildman–Crippen LogP) is 3.86. The number of benzene rings is 1. The van der Waals surface area contributed by atoms with Crippen LogP contribution < -0.4 is 0 Å². The topological polar surface area (TPSA) is 12.5 Å². The molecule has 2 nitrogen and oxygen atoms in total. The lowest BCUT2D eigenvalue weighted by atomic mass is 9.92. The molecule has 1 aliphatic heterocycles. The monoisotopic (exact) mass is 273 g/mol. The maximum absolute atomic E-state index is 5.80. The van der Waals surface area contributed by atoms with Gasteiger partial charge in [-0.2, -0.15) is 0 Å². The van der Waals surface area contributed by atoms with Gasteiger partial charge in [-0.05, 0) is 50.1 Å². The first-order valence-electron chi connectivity index (χ1n) is 8.29. The quantitative estimate of drug-likeness (QED) is 0.730. The Labute approximate surface area is 123 Å². The molecule has 1 saturated carbocycles. The zero-order valence-corrected chi connectivity index (χ0v) is 12.5. The lowest BCUT2D eigenvalue weighted by molar-refractivity contribution is 0.0783. The third-order valence-electron chi connectivity index (χ3n) is 4.95. The van der Waals surface area contributed by atoms with Crippen molar-refractivity contribution in [3.8, 4) is 0 Å². The fourth-order valence-corrected chi connectivity index (χ4v) is 3.97. The summed E-state index contributed by atoms with van der Waals surface area (Å²) in [5.74, 6) is 1.01. The van der Waals surface area contributed by atoms with Gasteiger partial charge in [0.15, 0.2) is 0 Å². The minimum atomic E-state index is 0.757. The van der Waals surface area contributed by atoms with E-state index in [0.29, 0.717) is 0 Å². The van der Waals surface area contributed by atoms with E-state index in [9.17, 15) is 0 Å². The van der Waals surface area contributed by atoms with Gasteiger partial charge in [0, 0.05) is 19.2 Å². The first-order valence-corrected chi connectivity index (χ1v) is 8.29. The van der Waals surface area contributed by atoms with E-state index in [1.807, 2.05) is 0 Å². The van der Waals surface area contributed by atoms with E-state index in [1.165, 1.54) is 57.2 Å². The van der Waals surface area contributed by atoms with Crippen LogP contribution in [0.25, 0.3) is 0 Å². The van der Waals surface area contributed by atoms with E-state index in [4.69, 9.17) is 4.74 Å². The molecule has 20 heavy (non-hydrogen) atoms. The van der Waals surface area contributed by atoms with Crippen LogP contribution >= 0.6 is 0 Å². The third kappa shape index (κ3) is 3.62. The molecule has 0 radical (unpaired) electrons. The number of rotatable bonds is 6. The predicted molar refractivity (Wildman–Crippen MR) is 82.7 cm³/mol. The van der Waals surface area contributed by atoms with E-state index in [0.717, 1.165) is 25.2 Å². The van der Waals surface area contributed by atoms with Crippen LogP contribution in [-0.4, -0.2) is 30.6 Å². The fraction of sp³-hybridized carbons (Fsp3) is 0.667. The Kier molecular flexibility index (Phi) is 5.10. The molecule has 0 amide bonds. The van der Waals surface area contributed by atoms with E-state index in [-0.39, 0.29) is 0 Å². The Bertz CT molecular complexity index is 392. The van der Waals surface area contributed by atoms with Crippen LogP contribution in [0.1, 0.15) is 44.1 Å². The Morgan fingerprint density at radius 2 is 1.90 bits per heavy atom. The van der Waals surface area contributed by atoms with Gasteiger partial charge in [-0.1, -0.05) is 36.8 Å². The van der Waals surface area contributed by atoms with E-state index >= 15 is 0 Å². The van der Waals surface area contributed by atoms with Crippen LogP contribution in [0.5, 0.6) is 0 Å². The zero-order valence-electron chi connectivity index (χ0n) is 12.5. The summed E-state index contributed by atoms with van der Waals surface area (Å²) in [5, 5.41) is 0. The molecule has 2 fully saturated rings. The summed E-state index contributed by atoms with van der Waals surface area (Å²) in [6, 6.07) is 11.4. The smallest absolute Gasteiger partial charge is 0.0716 e. The Balaban J connectivity index is 1.33. The molecule has 1 aliphatic carbocycles. The van der Waals surface area contributed by atoms with Crippen molar-refractivity contribution in [2.24, 2.45) is 5.92 Å². The molecule has 1 aromatic carbocycles. The molecule has 0 bridgehead atoms. The number of hydrogen-bond donors (Lipinski definition) is 0. The van der Waals surface area contributed by atoms with Gasteiger partial charge in [0.05, 0.1) is 6.61 Å². The van der Waals surface area contributed by atoms with Gasteiger partial charge in [-0.25, -0.2) is 0 Å². The molecule has 110 valence electrons. The second kappa shape index (κ2) is 7.24. The van der Waals surface area contributed by atoms with Crippen molar-refractivity contribution in [2.75, 3.05) is 19.7 Å². The molecule has 2 heteroatoms. The maximum atomic E-state index is 5.80. The van der Waals surface area contributed by atoms with Crippen molar-refractivity contribution < 1.29 is 4.74 Å². The highest BCUT2D eigenvalue weighted by molar-refractivity contribution is 5.13. The van der Waals surface area contributed by atoms with Crippen LogP contribution in [0.2, 0.25) is 0 Å². The van der Waals surface area contributed by atoms with Crippen molar-refractivity contribution in [1.29, 1.82) is 0 Å². The van der Waals surface area contributed by atoms with Gasteiger partial charge < -0.3 is 9.64 Å². The van der Waals surface area contributed by atoms with E-state index in [2.05, 4.69) is 35.2 Å². The van der Waals surface area contributed by atoms with Crippen molar-refractivity contribution in [3.63, 3.8) is 0 Å². The SMILES string of the molecule is c1ccc(COCCCN2CCC[C@@H]3CCC[C@H]32)cc1. The molecule has 0 N–H and O–H groups in total. The van der Waals surface area contributed by atoms with Gasteiger partial charge in [-0.15, -0.1) is 0 Å². The van der Waals surface area contributed by atoms with E-state index in [1.54, 1.807) is 0 Å². The summed E-state index contributed by atoms with van der Waals surface area (Å²) in [4.78, 5) is 2.74. The normalized spacial score (nSPS) is 26.6. The number of likely N-dealkylation sites (tertiary alicyclic amines) is 1. The highest BCUT2D eigenvalue weighted by Gasteiger charge is 2.34. The number of piperidine rings is 1. The van der Waals surface area contributed by atoms with Gasteiger partial charge in [-0.3, -0.25) is 0 Å². The standard InChI is InChI=1S/C18H27NO/c1-2-7-16(8-3-1)15-20-14-6-13-19-12-5-10-17-9-4-11-18(17)19/h1-3,7-8,17-18H,4-6,9-15H2/t17-,18+/m0/s1. The Morgan fingerprint density at radius 3 is 2.80 bits per heavy atom. The van der Waals surface area contributed by atoms with Crippen LogP contribution in [0.3, 0.4) is 0 Å². The molecule has 0 spiro atoms. The number of ether oxygens (including phenoxy) is 1. The van der Waals surface area contributed by atoms with Crippen LogP contribution in [0, 0.1) is 5.92 Å². The van der Waals surface area contributed by atoms with Gasteiger partial charge in [0.2, 0.25) is 0 Å². The first-order chi connectivity index (χ1) is 9.93. The van der Waals surface area contributed by atoms with Crippen molar-refractivity contribution in [2.45, 2.75) is 51.2 Å². The lowest BCUT2D eigenvalue weighted by Gasteiger charge is -2.37. The van der Waals surface area contributed by atoms with Gasteiger partial charge >= 0.3 is 0 Å². The summed E-state index contributed by atoms with van der Waals surface area (Å²) < 4.78 is 5.80. The number of fused-ring (bicyclic) bond motifs is 1. The van der Waals surface area contributed by atoms with Gasteiger partial charge in [0.25, 0.3) is 0 Å². The fourth-order valence-electron chi connectivity index (χ4n) is 3.97. The van der Waals surface area contributed by atoms with Crippen LogP contribution in [0.4, 0.5) is 0 Å². The number of hydrogen-bond acceptors (Lipinski definition) is 2. The molecule has 2 aliphatic rings. The molecular formula is C18H27NO. The third-order valence-corrected chi connectivity index (χ3v) is 4.95. The van der Waals surface area contributed by atoms with Crippen LogP contribution in [0.15, 0.2) is 30.3 Å². The summed E-state index contributed by atoms with van der Waals surface area (Å²) in [6.07, 6.45) is 8.44. The molecule has 0 aromatic heterocycles. The first kappa shape index (κ1) is 14.1. The maximum Gasteiger partial charge on any atom is 0.0716 e. The molecule has 1 saturated heterocycles. The summed E-state index contributed by atoms with van der Waals surface area (Å²) >= 11 is 0. The largest absolute Gasteiger partial charge is 0.377 e. The molecule has 1 heterocycles. The Hall–Kier alpha value is -0.860. The van der Waals surface area contributed by atoms with Crippen molar-refractivity contribution >= 4 is 0 Å². The molecule has 2 atom stereocenters. The molecular weight excluding hydrogens is 246 g/mol. The molecule has 3 rings (SSSR count). The highest BCUT2D eigenvalue weighted by atomic mass is 16.5.